The van der Waals surface area contributed by atoms with Crippen molar-refractivity contribution in [2.24, 2.45) is 5.92 Å². The first-order chi connectivity index (χ1) is 7.54. The van der Waals surface area contributed by atoms with Gasteiger partial charge >= 0.3 is 0 Å². The summed E-state index contributed by atoms with van der Waals surface area (Å²) in [5.41, 5.74) is 1.04. The molecule has 0 aliphatic rings. The van der Waals surface area contributed by atoms with Gasteiger partial charge in [-0.05, 0) is 40.0 Å². The van der Waals surface area contributed by atoms with E-state index in [0.717, 1.165) is 15.2 Å². The van der Waals surface area contributed by atoms with Gasteiger partial charge in [-0.15, -0.1) is 0 Å². The predicted molar refractivity (Wildman–Crippen MR) is 73.3 cm³/mol. The van der Waals surface area contributed by atoms with Crippen molar-refractivity contribution in [3.05, 3.63) is 27.7 Å². The minimum Gasteiger partial charge on any atom is -0.383 e. The number of halogens is 2. The summed E-state index contributed by atoms with van der Waals surface area (Å²) in [6, 6.07) is 6.02. The van der Waals surface area contributed by atoms with Crippen LogP contribution >= 0.6 is 27.5 Å². The lowest BCUT2D eigenvalue weighted by molar-refractivity contribution is 0.171. The third kappa shape index (κ3) is 3.96. The third-order valence-electron chi connectivity index (χ3n) is 2.42. The molecule has 0 aromatic heterocycles. The van der Waals surface area contributed by atoms with E-state index in [1.54, 1.807) is 7.11 Å². The van der Waals surface area contributed by atoms with Crippen LogP contribution in [0.5, 0.6) is 0 Å². The number of hydrogen-bond acceptors (Lipinski definition) is 2. The smallest absolute Gasteiger partial charge is 0.0666 e. The molecule has 1 atom stereocenters. The highest BCUT2D eigenvalue weighted by molar-refractivity contribution is 9.10. The van der Waals surface area contributed by atoms with Gasteiger partial charge in [0.1, 0.15) is 0 Å². The highest BCUT2D eigenvalue weighted by Crippen LogP contribution is 2.27. The normalized spacial score (nSPS) is 12.9. The first kappa shape index (κ1) is 13.8. The van der Waals surface area contributed by atoms with Crippen LogP contribution < -0.4 is 5.32 Å². The fourth-order valence-electron chi connectivity index (χ4n) is 1.39. The van der Waals surface area contributed by atoms with Crippen molar-refractivity contribution in [3.63, 3.8) is 0 Å². The van der Waals surface area contributed by atoms with Crippen molar-refractivity contribution in [1.29, 1.82) is 0 Å². The summed E-state index contributed by atoms with van der Waals surface area (Å²) in [7, 11) is 1.72. The standard InChI is InChI=1S/C12H17BrClNO/c1-8(2)12(7-16-3)15-11-5-4-9(14)6-10(11)13/h4-6,8,12,15H,7H2,1-3H3. The average Bonchev–Trinajstić information content (AvgIpc) is 2.20. The van der Waals surface area contributed by atoms with Crippen LogP contribution in [0, 0.1) is 5.92 Å². The first-order valence-corrected chi connectivity index (χ1v) is 6.42. The number of benzene rings is 1. The lowest BCUT2D eigenvalue weighted by Gasteiger charge is -2.23. The molecule has 0 heterocycles. The minimum atomic E-state index is 0.294. The molecule has 1 aromatic carbocycles. The van der Waals surface area contributed by atoms with Gasteiger partial charge in [0.05, 0.1) is 12.6 Å². The van der Waals surface area contributed by atoms with Gasteiger partial charge < -0.3 is 10.1 Å². The van der Waals surface area contributed by atoms with Gasteiger partial charge in [0.15, 0.2) is 0 Å². The fourth-order valence-corrected chi connectivity index (χ4v) is 2.18. The molecule has 0 radical (unpaired) electrons. The second-order valence-corrected chi connectivity index (χ2v) is 5.37. The fraction of sp³-hybridized carbons (Fsp3) is 0.500. The Balaban J connectivity index is 2.77. The largest absolute Gasteiger partial charge is 0.383 e. The molecule has 0 aliphatic heterocycles. The summed E-state index contributed by atoms with van der Waals surface area (Å²) in [6.07, 6.45) is 0. The van der Waals surface area contributed by atoms with E-state index in [9.17, 15) is 0 Å². The molecule has 1 unspecified atom stereocenters. The Morgan fingerprint density at radius 3 is 2.62 bits per heavy atom. The molecule has 0 fully saturated rings. The molecule has 16 heavy (non-hydrogen) atoms. The van der Waals surface area contributed by atoms with E-state index >= 15 is 0 Å². The molecule has 0 spiro atoms. The molecule has 0 amide bonds. The van der Waals surface area contributed by atoms with Crippen LogP contribution in [0.3, 0.4) is 0 Å². The Morgan fingerprint density at radius 2 is 2.12 bits per heavy atom. The number of anilines is 1. The second-order valence-electron chi connectivity index (χ2n) is 4.07. The Bertz CT molecular complexity index is 344. The number of rotatable bonds is 5. The van der Waals surface area contributed by atoms with Crippen molar-refractivity contribution >= 4 is 33.2 Å². The summed E-state index contributed by atoms with van der Waals surface area (Å²) in [6.45, 7) is 5.02. The van der Waals surface area contributed by atoms with Gasteiger partial charge in [-0.1, -0.05) is 25.4 Å². The molecule has 1 N–H and O–H groups in total. The van der Waals surface area contributed by atoms with Gasteiger partial charge in [-0.2, -0.15) is 0 Å². The Labute approximate surface area is 110 Å². The van der Waals surface area contributed by atoms with Crippen LogP contribution in [-0.2, 0) is 4.74 Å². The van der Waals surface area contributed by atoms with Crippen molar-refractivity contribution in [3.8, 4) is 0 Å². The van der Waals surface area contributed by atoms with Crippen LogP contribution in [0.1, 0.15) is 13.8 Å². The van der Waals surface area contributed by atoms with Crippen LogP contribution in [0.25, 0.3) is 0 Å². The summed E-state index contributed by atoms with van der Waals surface area (Å²) in [4.78, 5) is 0. The molecule has 1 aromatic rings. The molecule has 0 saturated heterocycles. The summed E-state index contributed by atoms with van der Waals surface area (Å²) in [5, 5.41) is 4.17. The molecule has 90 valence electrons. The Hall–Kier alpha value is -0.250. The van der Waals surface area contributed by atoms with Crippen LogP contribution in [0.2, 0.25) is 5.02 Å². The maximum absolute atomic E-state index is 5.89. The molecular formula is C12H17BrClNO. The lowest BCUT2D eigenvalue weighted by atomic mass is 10.1. The van der Waals surface area contributed by atoms with Gasteiger partial charge in [-0.3, -0.25) is 0 Å². The van der Waals surface area contributed by atoms with Gasteiger partial charge in [-0.25, -0.2) is 0 Å². The lowest BCUT2D eigenvalue weighted by Crippen LogP contribution is -2.30. The van der Waals surface area contributed by atoms with E-state index in [1.807, 2.05) is 18.2 Å². The number of nitrogens with one attached hydrogen (secondary N) is 1. The zero-order valence-corrected chi connectivity index (χ0v) is 12.1. The Morgan fingerprint density at radius 1 is 1.44 bits per heavy atom. The van der Waals surface area contributed by atoms with Gasteiger partial charge in [0, 0.05) is 22.3 Å². The van der Waals surface area contributed by atoms with Gasteiger partial charge in [0.25, 0.3) is 0 Å². The van der Waals surface area contributed by atoms with Crippen LogP contribution in [0.4, 0.5) is 5.69 Å². The zero-order chi connectivity index (χ0) is 12.1. The summed E-state index contributed by atoms with van der Waals surface area (Å²) >= 11 is 9.38. The van der Waals surface area contributed by atoms with Crippen molar-refractivity contribution in [2.45, 2.75) is 19.9 Å². The van der Waals surface area contributed by atoms with Crippen LogP contribution in [-0.4, -0.2) is 19.8 Å². The molecule has 0 bridgehead atoms. The molecule has 0 saturated carbocycles. The van der Waals surface area contributed by atoms with E-state index in [2.05, 4.69) is 35.1 Å². The van der Waals surface area contributed by atoms with Crippen molar-refractivity contribution in [2.75, 3.05) is 19.0 Å². The molecule has 0 aliphatic carbocycles. The van der Waals surface area contributed by atoms with E-state index in [0.29, 0.717) is 18.6 Å². The SMILES string of the molecule is COCC(Nc1ccc(Cl)cc1Br)C(C)C. The zero-order valence-electron chi connectivity index (χ0n) is 9.76. The highest BCUT2D eigenvalue weighted by atomic mass is 79.9. The average molecular weight is 307 g/mol. The summed E-state index contributed by atoms with van der Waals surface area (Å²) in [5.74, 6) is 0.502. The van der Waals surface area contributed by atoms with Gasteiger partial charge in [0.2, 0.25) is 0 Å². The molecular weight excluding hydrogens is 289 g/mol. The molecule has 1 rings (SSSR count). The topological polar surface area (TPSA) is 21.3 Å². The summed E-state index contributed by atoms with van der Waals surface area (Å²) < 4.78 is 6.17. The molecule has 4 heteroatoms. The first-order valence-electron chi connectivity index (χ1n) is 5.25. The number of hydrogen-bond donors (Lipinski definition) is 1. The Kier molecular flexibility index (Phi) is 5.59. The van der Waals surface area contributed by atoms with E-state index in [-0.39, 0.29) is 0 Å². The minimum absolute atomic E-state index is 0.294. The maximum Gasteiger partial charge on any atom is 0.0666 e. The monoisotopic (exact) mass is 305 g/mol. The quantitative estimate of drug-likeness (QED) is 0.881. The maximum atomic E-state index is 5.89. The van der Waals surface area contributed by atoms with Crippen LogP contribution in [0.15, 0.2) is 22.7 Å². The van der Waals surface area contributed by atoms with E-state index in [4.69, 9.17) is 16.3 Å². The molecule has 2 nitrogen and oxygen atoms in total. The second kappa shape index (κ2) is 6.48. The number of methoxy groups -OCH3 is 1. The third-order valence-corrected chi connectivity index (χ3v) is 3.31. The van der Waals surface area contributed by atoms with Crippen molar-refractivity contribution in [1.82, 2.24) is 0 Å². The van der Waals surface area contributed by atoms with Crippen molar-refractivity contribution < 1.29 is 4.74 Å². The van der Waals surface area contributed by atoms with E-state index in [1.165, 1.54) is 0 Å². The highest BCUT2D eigenvalue weighted by Gasteiger charge is 2.14. The van der Waals surface area contributed by atoms with E-state index < -0.39 is 0 Å². The predicted octanol–water partition coefficient (Wildman–Crippen LogP) is 4.19. The number of ether oxygens (including phenoxy) is 1.